The van der Waals surface area contributed by atoms with Gasteiger partial charge in [-0.2, -0.15) is 0 Å². The van der Waals surface area contributed by atoms with Crippen molar-refractivity contribution in [2.45, 2.75) is 31.8 Å². The molecule has 3 N–H and O–H groups in total. The zero-order chi connectivity index (χ0) is 23.1. The van der Waals surface area contributed by atoms with Gasteiger partial charge in [-0.05, 0) is 48.2 Å². The molecule has 1 atom stereocenters. The molecule has 170 valence electrons. The summed E-state index contributed by atoms with van der Waals surface area (Å²) in [5, 5.41) is 14.7. The van der Waals surface area contributed by atoms with Crippen molar-refractivity contribution in [2.24, 2.45) is 0 Å². The smallest absolute Gasteiger partial charge is 0.325 e. The molecule has 1 saturated heterocycles. The van der Waals surface area contributed by atoms with E-state index in [4.69, 9.17) is 9.47 Å². The summed E-state index contributed by atoms with van der Waals surface area (Å²) in [6, 6.07) is 10.8. The molecule has 0 radical (unpaired) electrons. The van der Waals surface area contributed by atoms with Gasteiger partial charge < -0.3 is 25.2 Å². The Morgan fingerprint density at radius 3 is 2.44 bits per heavy atom. The molecule has 1 heterocycles. The lowest BCUT2D eigenvalue weighted by molar-refractivity contribution is -0.128. The molecule has 2 aromatic carbocycles. The number of imide groups is 1. The second kappa shape index (κ2) is 10.5. The fourth-order valence-electron chi connectivity index (χ4n) is 3.46. The number of aromatic hydroxyl groups is 1. The fraction of sp³-hybridized carbons (Fsp3) is 0.348. The lowest BCUT2D eigenvalue weighted by Crippen LogP contribution is -2.33. The minimum absolute atomic E-state index is 0.0976. The highest BCUT2D eigenvalue weighted by molar-refractivity contribution is 6.04. The van der Waals surface area contributed by atoms with Crippen molar-refractivity contribution in [1.29, 1.82) is 0 Å². The maximum absolute atomic E-state index is 12.7. The number of methoxy groups -OCH3 is 2. The highest BCUT2D eigenvalue weighted by Crippen LogP contribution is 2.28. The molecular formula is C23H27N3O6. The maximum Gasteiger partial charge on any atom is 0.325 e. The van der Waals surface area contributed by atoms with Crippen LogP contribution in [0.4, 0.5) is 4.79 Å². The van der Waals surface area contributed by atoms with Gasteiger partial charge in [0.15, 0.2) is 11.5 Å². The average Bonchev–Trinajstić information content (AvgIpc) is 3.06. The quantitative estimate of drug-likeness (QED) is 0.486. The van der Waals surface area contributed by atoms with Gasteiger partial charge >= 0.3 is 6.03 Å². The molecule has 9 heteroatoms. The predicted molar refractivity (Wildman–Crippen MR) is 116 cm³/mol. The van der Waals surface area contributed by atoms with Crippen molar-refractivity contribution in [3.8, 4) is 17.2 Å². The van der Waals surface area contributed by atoms with E-state index in [1.165, 1.54) is 14.2 Å². The number of amides is 4. The third-order valence-electron chi connectivity index (χ3n) is 5.23. The van der Waals surface area contributed by atoms with Crippen LogP contribution >= 0.6 is 0 Å². The van der Waals surface area contributed by atoms with Gasteiger partial charge in [-0.3, -0.25) is 14.5 Å². The Kier molecular flexibility index (Phi) is 7.54. The molecule has 9 nitrogen and oxygen atoms in total. The van der Waals surface area contributed by atoms with Crippen molar-refractivity contribution in [3.63, 3.8) is 0 Å². The van der Waals surface area contributed by atoms with Crippen molar-refractivity contribution < 1.29 is 29.0 Å². The minimum Gasteiger partial charge on any atom is -0.508 e. The number of urea groups is 1. The number of phenols is 1. The number of carbonyl (C=O) groups excluding carboxylic acids is 3. The van der Waals surface area contributed by atoms with Gasteiger partial charge in [0, 0.05) is 13.0 Å². The number of phenolic OH excluding ortho intramolecular Hbond substituents is 1. The SMILES string of the molecule is COc1ccc(CN2C(=O)NC(CCC(=O)NCCc3ccc(O)cc3)C2=O)cc1OC. The molecule has 0 saturated carbocycles. The Labute approximate surface area is 186 Å². The van der Waals surface area contributed by atoms with Crippen LogP contribution in [0.1, 0.15) is 24.0 Å². The Morgan fingerprint density at radius 2 is 1.75 bits per heavy atom. The van der Waals surface area contributed by atoms with Crippen molar-refractivity contribution in [1.82, 2.24) is 15.5 Å². The standard InChI is InChI=1S/C23H27N3O6/c1-31-19-9-5-16(13-20(19)32-2)14-26-22(29)18(25-23(26)30)8-10-21(28)24-12-11-15-3-6-17(27)7-4-15/h3-7,9,13,18,27H,8,10-12,14H2,1-2H3,(H,24,28)(H,25,30). The van der Waals surface area contributed by atoms with Crippen molar-refractivity contribution >= 4 is 17.8 Å². The molecule has 0 aliphatic carbocycles. The van der Waals surface area contributed by atoms with Crippen LogP contribution in [-0.4, -0.2) is 54.7 Å². The molecular weight excluding hydrogens is 414 g/mol. The molecule has 1 aliphatic rings. The van der Waals surface area contributed by atoms with Gasteiger partial charge in [-0.1, -0.05) is 18.2 Å². The number of rotatable bonds is 10. The summed E-state index contributed by atoms with van der Waals surface area (Å²) in [6.45, 7) is 0.542. The third kappa shape index (κ3) is 5.69. The Balaban J connectivity index is 1.47. The Hall–Kier alpha value is -3.75. The molecule has 32 heavy (non-hydrogen) atoms. The van der Waals surface area contributed by atoms with E-state index in [1.807, 2.05) is 0 Å². The van der Waals surface area contributed by atoms with E-state index in [9.17, 15) is 19.5 Å². The monoisotopic (exact) mass is 441 g/mol. The number of hydrogen-bond donors (Lipinski definition) is 3. The molecule has 0 spiro atoms. The first kappa shape index (κ1) is 22.9. The first-order valence-electron chi connectivity index (χ1n) is 10.3. The van der Waals surface area contributed by atoms with E-state index >= 15 is 0 Å². The predicted octanol–water partition coefficient (Wildman–Crippen LogP) is 1.97. The van der Waals surface area contributed by atoms with Gasteiger partial charge in [0.25, 0.3) is 5.91 Å². The van der Waals surface area contributed by atoms with Crippen LogP contribution in [0.3, 0.4) is 0 Å². The van der Waals surface area contributed by atoms with Crippen LogP contribution in [0.5, 0.6) is 17.2 Å². The van der Waals surface area contributed by atoms with E-state index in [0.29, 0.717) is 24.5 Å². The van der Waals surface area contributed by atoms with Crippen LogP contribution < -0.4 is 20.1 Å². The summed E-state index contributed by atoms with van der Waals surface area (Å²) in [6.07, 6.45) is 0.971. The molecule has 1 unspecified atom stereocenters. The first-order chi connectivity index (χ1) is 15.4. The molecule has 2 aromatic rings. The molecule has 0 aromatic heterocycles. The number of carbonyl (C=O) groups is 3. The summed E-state index contributed by atoms with van der Waals surface area (Å²) >= 11 is 0. The second-order valence-corrected chi connectivity index (χ2v) is 7.42. The summed E-state index contributed by atoms with van der Waals surface area (Å²) < 4.78 is 10.5. The molecule has 0 bridgehead atoms. The highest BCUT2D eigenvalue weighted by Gasteiger charge is 2.37. The molecule has 3 rings (SSSR count). The summed E-state index contributed by atoms with van der Waals surface area (Å²) in [4.78, 5) is 38.2. The lowest BCUT2D eigenvalue weighted by Gasteiger charge is -2.15. The van der Waals surface area contributed by atoms with E-state index in [1.54, 1.807) is 42.5 Å². The second-order valence-electron chi connectivity index (χ2n) is 7.42. The normalized spacial score (nSPS) is 15.4. The average molecular weight is 441 g/mol. The van der Waals surface area contributed by atoms with Crippen LogP contribution in [0, 0.1) is 0 Å². The molecule has 1 fully saturated rings. The first-order valence-corrected chi connectivity index (χ1v) is 10.3. The van der Waals surface area contributed by atoms with E-state index in [0.717, 1.165) is 16.0 Å². The zero-order valence-electron chi connectivity index (χ0n) is 18.1. The third-order valence-corrected chi connectivity index (χ3v) is 5.23. The Bertz CT molecular complexity index is 976. The Morgan fingerprint density at radius 1 is 1.06 bits per heavy atom. The van der Waals surface area contributed by atoms with Crippen molar-refractivity contribution in [3.05, 3.63) is 53.6 Å². The largest absolute Gasteiger partial charge is 0.508 e. The minimum atomic E-state index is -0.731. The molecule has 1 aliphatic heterocycles. The van der Waals surface area contributed by atoms with E-state index in [2.05, 4.69) is 10.6 Å². The van der Waals surface area contributed by atoms with Gasteiger partial charge in [-0.15, -0.1) is 0 Å². The number of nitrogens with zero attached hydrogens (tertiary/aromatic N) is 1. The van der Waals surface area contributed by atoms with Gasteiger partial charge in [0.1, 0.15) is 11.8 Å². The number of hydrogen-bond acceptors (Lipinski definition) is 6. The van der Waals surface area contributed by atoms with E-state index in [-0.39, 0.29) is 37.0 Å². The fourth-order valence-corrected chi connectivity index (χ4v) is 3.46. The number of ether oxygens (including phenoxy) is 2. The van der Waals surface area contributed by atoms with Crippen LogP contribution in [0.2, 0.25) is 0 Å². The zero-order valence-corrected chi connectivity index (χ0v) is 18.1. The van der Waals surface area contributed by atoms with Gasteiger partial charge in [-0.25, -0.2) is 4.79 Å². The topological polar surface area (TPSA) is 117 Å². The lowest BCUT2D eigenvalue weighted by atomic mass is 10.1. The number of benzene rings is 2. The van der Waals surface area contributed by atoms with Crippen molar-refractivity contribution in [2.75, 3.05) is 20.8 Å². The van der Waals surface area contributed by atoms with Crippen LogP contribution in [-0.2, 0) is 22.6 Å². The van der Waals surface area contributed by atoms with Gasteiger partial charge in [0.05, 0.1) is 20.8 Å². The van der Waals surface area contributed by atoms with Gasteiger partial charge in [0.2, 0.25) is 5.91 Å². The van der Waals surface area contributed by atoms with Crippen LogP contribution in [0.25, 0.3) is 0 Å². The maximum atomic E-state index is 12.7. The molecule has 4 amide bonds. The summed E-state index contributed by atoms with van der Waals surface area (Å²) in [5.74, 6) is 0.715. The highest BCUT2D eigenvalue weighted by atomic mass is 16.5. The number of nitrogens with one attached hydrogen (secondary N) is 2. The van der Waals surface area contributed by atoms with E-state index < -0.39 is 12.1 Å². The van der Waals surface area contributed by atoms with Crippen LogP contribution in [0.15, 0.2) is 42.5 Å². The summed E-state index contributed by atoms with van der Waals surface area (Å²) in [5.41, 5.74) is 1.71. The summed E-state index contributed by atoms with van der Waals surface area (Å²) in [7, 11) is 3.05.